The maximum atomic E-state index is 11.3. The Kier molecular flexibility index (Phi) is 6.98. The average molecular weight is 249 g/mol. The number of carbonyl (C=O) groups excluding carboxylic acids is 1. The summed E-state index contributed by atoms with van der Waals surface area (Å²) >= 11 is 0. The second-order valence-corrected chi connectivity index (χ2v) is 5.34. The van der Waals surface area contributed by atoms with Gasteiger partial charge in [0.25, 0.3) is 0 Å². The van der Waals surface area contributed by atoms with Crippen molar-refractivity contribution in [2.24, 2.45) is 0 Å². The molecule has 1 amide bonds. The van der Waals surface area contributed by atoms with Crippen molar-refractivity contribution in [3.8, 4) is 0 Å². The van der Waals surface area contributed by atoms with E-state index in [1.165, 1.54) is 6.08 Å². The Hall–Kier alpha value is -0.540. The Morgan fingerprint density at radius 1 is 1.44 bits per heavy atom. The van der Waals surface area contributed by atoms with E-state index >= 15 is 0 Å². The summed E-state index contributed by atoms with van der Waals surface area (Å²) in [6.45, 7) is 9.91. The topological polar surface area (TPSA) is 29.1 Å². The van der Waals surface area contributed by atoms with Crippen LogP contribution < -0.4 is 17.7 Å². The van der Waals surface area contributed by atoms with Crippen LogP contribution in [0.15, 0.2) is 12.7 Å². The molecule has 96 valence electrons. The molecule has 0 saturated heterocycles. The highest BCUT2D eigenvalue weighted by molar-refractivity contribution is 5.87. The molecule has 0 aliphatic heterocycles. The van der Waals surface area contributed by atoms with Gasteiger partial charge in [-0.1, -0.05) is 13.5 Å². The van der Waals surface area contributed by atoms with E-state index in [9.17, 15) is 4.79 Å². The van der Waals surface area contributed by atoms with Gasteiger partial charge in [0.05, 0.1) is 27.2 Å². The zero-order valence-corrected chi connectivity index (χ0v) is 12.1. The fraction of sp³-hybridized carbons (Fsp3) is 0.750. The standard InChI is InChI=1S/C12H24N2O.ClH/c1-8-10(13-11(15)9-2)12(3,4)14(5,6)7;/h9-10H,2,8H2,1,3-7H3;1H. The molecule has 0 aromatic rings. The highest BCUT2D eigenvalue weighted by atomic mass is 35.5. The molecule has 0 fully saturated rings. The number of amides is 1. The van der Waals surface area contributed by atoms with Gasteiger partial charge in [-0.25, -0.2) is 0 Å². The fourth-order valence-electron chi connectivity index (χ4n) is 1.48. The van der Waals surface area contributed by atoms with Crippen molar-refractivity contribution < 1.29 is 21.7 Å². The molecule has 0 aromatic heterocycles. The van der Waals surface area contributed by atoms with Crippen LogP contribution >= 0.6 is 0 Å². The highest BCUT2D eigenvalue weighted by Crippen LogP contribution is 2.23. The zero-order chi connectivity index (χ0) is 12.3. The van der Waals surface area contributed by atoms with Gasteiger partial charge < -0.3 is 22.2 Å². The second-order valence-electron chi connectivity index (χ2n) is 5.34. The number of hydrogen-bond acceptors (Lipinski definition) is 1. The first-order valence-electron chi connectivity index (χ1n) is 5.41. The van der Waals surface area contributed by atoms with Crippen molar-refractivity contribution in [1.29, 1.82) is 0 Å². The molecule has 1 atom stereocenters. The van der Waals surface area contributed by atoms with Crippen LogP contribution in [0.5, 0.6) is 0 Å². The normalized spacial score (nSPS) is 13.6. The molecule has 0 radical (unpaired) electrons. The van der Waals surface area contributed by atoms with Crippen LogP contribution in [0.2, 0.25) is 0 Å². The number of hydrogen-bond donors (Lipinski definition) is 1. The molecule has 16 heavy (non-hydrogen) atoms. The number of carbonyl (C=O) groups is 1. The first kappa shape index (κ1) is 17.8. The Bertz CT molecular complexity index is 244. The van der Waals surface area contributed by atoms with Crippen molar-refractivity contribution in [3.63, 3.8) is 0 Å². The third kappa shape index (κ3) is 4.14. The third-order valence-electron chi connectivity index (χ3n) is 3.49. The highest BCUT2D eigenvalue weighted by Gasteiger charge is 2.40. The summed E-state index contributed by atoms with van der Waals surface area (Å²) in [5.41, 5.74) is -0.00653. The van der Waals surface area contributed by atoms with E-state index in [4.69, 9.17) is 0 Å². The quantitative estimate of drug-likeness (QED) is 0.469. The minimum absolute atomic E-state index is 0. The van der Waals surface area contributed by atoms with Gasteiger partial charge in [-0.2, -0.15) is 0 Å². The molecular weight excluding hydrogens is 224 g/mol. The Morgan fingerprint density at radius 3 is 2.12 bits per heavy atom. The van der Waals surface area contributed by atoms with Gasteiger partial charge in [-0.15, -0.1) is 0 Å². The van der Waals surface area contributed by atoms with Gasteiger partial charge in [0.15, 0.2) is 0 Å². The van der Waals surface area contributed by atoms with E-state index in [0.717, 1.165) is 10.9 Å². The molecular formula is C12H25ClN2O. The summed E-state index contributed by atoms with van der Waals surface area (Å²) < 4.78 is 0.808. The summed E-state index contributed by atoms with van der Waals surface area (Å²) in [6, 6.07) is 0.156. The lowest BCUT2D eigenvalue weighted by Gasteiger charge is -2.46. The van der Waals surface area contributed by atoms with Crippen LogP contribution in [-0.4, -0.2) is 43.1 Å². The number of likely N-dealkylation sites (N-methyl/N-ethyl adjacent to an activating group) is 1. The predicted molar refractivity (Wildman–Crippen MR) is 64.5 cm³/mol. The lowest BCUT2D eigenvalue weighted by molar-refractivity contribution is -0.921. The molecule has 0 saturated carbocycles. The van der Waals surface area contributed by atoms with Crippen LogP contribution in [0.4, 0.5) is 0 Å². The maximum Gasteiger partial charge on any atom is 0.243 e. The lowest BCUT2D eigenvalue weighted by atomic mass is 9.89. The molecule has 0 bridgehead atoms. The Morgan fingerprint density at radius 2 is 1.88 bits per heavy atom. The molecule has 0 spiro atoms. The van der Waals surface area contributed by atoms with Crippen molar-refractivity contribution in [3.05, 3.63) is 12.7 Å². The van der Waals surface area contributed by atoms with E-state index in [1.807, 2.05) is 0 Å². The summed E-state index contributed by atoms with van der Waals surface area (Å²) in [5.74, 6) is -0.0941. The summed E-state index contributed by atoms with van der Waals surface area (Å²) in [6.07, 6.45) is 2.25. The maximum absolute atomic E-state index is 11.3. The number of nitrogens with zero attached hydrogens (tertiary/aromatic N) is 1. The van der Waals surface area contributed by atoms with E-state index in [0.29, 0.717) is 0 Å². The number of rotatable bonds is 5. The summed E-state index contributed by atoms with van der Waals surface area (Å²) in [7, 11) is 6.42. The lowest BCUT2D eigenvalue weighted by Crippen LogP contribution is -3.00. The largest absolute Gasteiger partial charge is 1.00 e. The summed E-state index contributed by atoms with van der Waals surface area (Å²) in [4.78, 5) is 11.3. The minimum Gasteiger partial charge on any atom is -1.00 e. The summed E-state index contributed by atoms with van der Waals surface area (Å²) in [5, 5.41) is 2.99. The van der Waals surface area contributed by atoms with Gasteiger partial charge in [-0.05, 0) is 26.3 Å². The van der Waals surface area contributed by atoms with Gasteiger partial charge in [-0.3, -0.25) is 4.79 Å². The number of nitrogens with one attached hydrogen (secondary N) is 1. The SMILES string of the molecule is C=CC(=O)NC(CC)C(C)(C)[N+](C)(C)C.[Cl-]. The molecule has 1 N–H and O–H groups in total. The predicted octanol–water partition coefficient (Wildman–Crippen LogP) is -1.44. The van der Waals surface area contributed by atoms with Gasteiger partial charge in [0.1, 0.15) is 5.54 Å². The molecule has 0 heterocycles. The second kappa shape index (κ2) is 6.26. The van der Waals surface area contributed by atoms with Crippen molar-refractivity contribution in [2.45, 2.75) is 38.8 Å². The van der Waals surface area contributed by atoms with Gasteiger partial charge >= 0.3 is 0 Å². The molecule has 1 unspecified atom stereocenters. The van der Waals surface area contributed by atoms with Crippen LogP contribution in [0, 0.1) is 0 Å². The fourth-order valence-corrected chi connectivity index (χ4v) is 1.48. The first-order valence-corrected chi connectivity index (χ1v) is 5.41. The third-order valence-corrected chi connectivity index (χ3v) is 3.49. The van der Waals surface area contributed by atoms with Crippen LogP contribution in [0.1, 0.15) is 27.2 Å². The van der Waals surface area contributed by atoms with Gasteiger partial charge in [0, 0.05) is 0 Å². The minimum atomic E-state index is -0.0941. The number of quaternary nitrogens is 1. The van der Waals surface area contributed by atoms with Crippen molar-refractivity contribution >= 4 is 5.91 Å². The molecule has 4 heteroatoms. The van der Waals surface area contributed by atoms with Crippen molar-refractivity contribution in [1.82, 2.24) is 5.32 Å². The van der Waals surface area contributed by atoms with E-state index < -0.39 is 0 Å². The monoisotopic (exact) mass is 248 g/mol. The van der Waals surface area contributed by atoms with E-state index in [1.54, 1.807) is 0 Å². The number of halogens is 1. The van der Waals surface area contributed by atoms with Crippen LogP contribution in [-0.2, 0) is 4.79 Å². The molecule has 3 nitrogen and oxygen atoms in total. The Labute approximate surface area is 106 Å². The molecule has 0 aliphatic carbocycles. The molecule has 0 rings (SSSR count). The van der Waals surface area contributed by atoms with E-state index in [-0.39, 0.29) is 29.9 Å². The van der Waals surface area contributed by atoms with Gasteiger partial charge in [0.2, 0.25) is 5.91 Å². The van der Waals surface area contributed by atoms with Crippen LogP contribution in [0.25, 0.3) is 0 Å². The molecule has 0 aromatic carbocycles. The molecule has 0 aliphatic rings. The van der Waals surface area contributed by atoms with Crippen LogP contribution in [0.3, 0.4) is 0 Å². The zero-order valence-electron chi connectivity index (χ0n) is 11.3. The average Bonchev–Trinajstić information content (AvgIpc) is 2.11. The van der Waals surface area contributed by atoms with Crippen molar-refractivity contribution in [2.75, 3.05) is 21.1 Å². The Balaban J connectivity index is 0. The van der Waals surface area contributed by atoms with E-state index in [2.05, 4.69) is 53.8 Å². The first-order chi connectivity index (χ1) is 6.66. The smallest absolute Gasteiger partial charge is 0.243 e.